The number of thioether (sulfide) groups is 1. The van der Waals surface area contributed by atoms with Gasteiger partial charge in [0.2, 0.25) is 0 Å². The van der Waals surface area contributed by atoms with Crippen LogP contribution >= 0.6 is 11.8 Å². The summed E-state index contributed by atoms with van der Waals surface area (Å²) < 4.78 is 4.93. The minimum atomic E-state index is -0.518. The molecule has 1 N–H and O–H groups in total. The van der Waals surface area contributed by atoms with Gasteiger partial charge in [0.05, 0.1) is 18.0 Å². The molecule has 0 spiro atoms. The summed E-state index contributed by atoms with van der Waals surface area (Å²) in [5, 5.41) is 10.3. The number of aryl methyl sites for hydroxylation is 1. The average Bonchev–Trinajstić information content (AvgIpc) is 2.74. The van der Waals surface area contributed by atoms with Gasteiger partial charge in [-0.05, 0) is 26.0 Å². The lowest BCUT2D eigenvalue weighted by Gasteiger charge is -2.04. The molecule has 100 valence electrons. The fourth-order valence-corrected chi connectivity index (χ4v) is 2.57. The second kappa shape index (κ2) is 5.93. The molecule has 0 saturated carbocycles. The summed E-state index contributed by atoms with van der Waals surface area (Å²) >= 11 is 1.34. The zero-order valence-corrected chi connectivity index (χ0v) is 11.7. The van der Waals surface area contributed by atoms with Crippen LogP contribution in [0.4, 0.5) is 5.69 Å². The van der Waals surface area contributed by atoms with Crippen LogP contribution in [0.2, 0.25) is 0 Å². The van der Waals surface area contributed by atoms with Gasteiger partial charge >= 0.3 is 5.97 Å². The van der Waals surface area contributed by atoms with Crippen LogP contribution in [0.1, 0.15) is 12.5 Å². The summed E-state index contributed by atoms with van der Waals surface area (Å²) in [5.74, 6) is -0.121. The summed E-state index contributed by atoms with van der Waals surface area (Å²) in [6.45, 7) is 4.00. The Morgan fingerprint density at radius 2 is 2.11 bits per heavy atom. The highest BCUT2D eigenvalue weighted by Gasteiger charge is 2.29. The molecule has 0 aliphatic carbocycles. The first-order chi connectivity index (χ1) is 9.11. The van der Waals surface area contributed by atoms with Gasteiger partial charge in [0.15, 0.2) is 0 Å². The maximum Gasteiger partial charge on any atom is 0.344 e. The Kier molecular flexibility index (Phi) is 4.27. The molecule has 5 heteroatoms. The van der Waals surface area contributed by atoms with E-state index in [1.165, 1.54) is 11.8 Å². The van der Waals surface area contributed by atoms with E-state index in [9.17, 15) is 9.90 Å². The first kappa shape index (κ1) is 13.7. The molecule has 1 aromatic rings. The molecule has 4 nitrogen and oxygen atoms in total. The largest absolute Gasteiger partial charge is 0.510 e. The third-order valence-electron chi connectivity index (χ3n) is 2.59. The van der Waals surface area contributed by atoms with Crippen molar-refractivity contribution in [3.05, 3.63) is 41.2 Å². The van der Waals surface area contributed by atoms with Crippen molar-refractivity contribution in [2.45, 2.75) is 13.8 Å². The van der Waals surface area contributed by atoms with Crippen molar-refractivity contribution in [1.29, 1.82) is 0 Å². The number of aliphatic imine (C=N–C) groups is 1. The minimum Gasteiger partial charge on any atom is -0.510 e. The molecular weight excluding hydrogens is 262 g/mol. The molecule has 0 amide bonds. The van der Waals surface area contributed by atoms with Crippen LogP contribution in [-0.2, 0) is 9.53 Å². The normalized spacial score (nSPS) is 17.1. The Bertz CT molecular complexity index is 546. The summed E-state index contributed by atoms with van der Waals surface area (Å²) in [6.07, 6.45) is 0. The SMILES string of the molecule is CCOC(=O)C1=C(O)CSC1=Nc1ccc(C)cc1. The van der Waals surface area contributed by atoms with Crippen molar-refractivity contribution < 1.29 is 14.6 Å². The summed E-state index contributed by atoms with van der Waals surface area (Å²) in [5.41, 5.74) is 2.09. The Labute approximate surface area is 116 Å². The van der Waals surface area contributed by atoms with Crippen LogP contribution in [0.3, 0.4) is 0 Å². The number of carbonyl (C=O) groups excluding carboxylic acids is 1. The van der Waals surface area contributed by atoms with E-state index in [1.54, 1.807) is 6.92 Å². The highest BCUT2D eigenvalue weighted by molar-refractivity contribution is 8.15. The zero-order valence-electron chi connectivity index (χ0n) is 10.8. The highest BCUT2D eigenvalue weighted by Crippen LogP contribution is 2.29. The molecule has 0 radical (unpaired) electrons. The lowest BCUT2D eigenvalue weighted by molar-refractivity contribution is -0.138. The number of carbonyl (C=O) groups is 1. The Morgan fingerprint density at radius 1 is 1.42 bits per heavy atom. The number of aliphatic hydroxyl groups is 1. The van der Waals surface area contributed by atoms with Gasteiger partial charge in [-0.1, -0.05) is 29.5 Å². The number of hydrogen-bond acceptors (Lipinski definition) is 5. The second-order valence-corrected chi connectivity index (χ2v) is 5.05. The van der Waals surface area contributed by atoms with Crippen LogP contribution in [0.15, 0.2) is 40.6 Å². The van der Waals surface area contributed by atoms with E-state index in [2.05, 4.69) is 4.99 Å². The van der Waals surface area contributed by atoms with Crippen LogP contribution < -0.4 is 0 Å². The fraction of sp³-hybridized carbons (Fsp3) is 0.286. The predicted octanol–water partition coefficient (Wildman–Crippen LogP) is 3.15. The van der Waals surface area contributed by atoms with Gasteiger partial charge in [-0.15, -0.1) is 0 Å². The van der Waals surface area contributed by atoms with Crippen molar-refractivity contribution in [3.63, 3.8) is 0 Å². The standard InChI is InChI=1S/C14H15NO3S/c1-3-18-14(17)12-11(16)8-19-13(12)15-10-6-4-9(2)5-7-10/h4-7,16H,3,8H2,1-2H3. The monoisotopic (exact) mass is 277 g/mol. The topological polar surface area (TPSA) is 58.9 Å². The zero-order chi connectivity index (χ0) is 13.8. The smallest absolute Gasteiger partial charge is 0.344 e. The summed E-state index contributed by atoms with van der Waals surface area (Å²) in [6, 6.07) is 7.65. The quantitative estimate of drug-likeness (QED) is 0.862. The molecule has 0 atom stereocenters. The van der Waals surface area contributed by atoms with Crippen molar-refractivity contribution in [2.75, 3.05) is 12.4 Å². The van der Waals surface area contributed by atoms with E-state index in [1.807, 2.05) is 31.2 Å². The van der Waals surface area contributed by atoms with Crippen LogP contribution in [0.5, 0.6) is 0 Å². The van der Waals surface area contributed by atoms with E-state index < -0.39 is 5.97 Å². The first-order valence-electron chi connectivity index (χ1n) is 5.99. The Balaban J connectivity index is 2.29. The molecular formula is C14H15NO3S. The van der Waals surface area contributed by atoms with Gasteiger partial charge in [-0.25, -0.2) is 9.79 Å². The third-order valence-corrected chi connectivity index (χ3v) is 3.58. The van der Waals surface area contributed by atoms with Crippen molar-refractivity contribution >= 4 is 28.5 Å². The molecule has 1 aliphatic heterocycles. The average molecular weight is 277 g/mol. The fourth-order valence-electron chi connectivity index (χ4n) is 1.64. The number of benzene rings is 1. The maximum atomic E-state index is 11.8. The number of hydrogen-bond donors (Lipinski definition) is 1. The molecule has 1 aromatic carbocycles. The molecule has 1 aliphatic rings. The molecule has 1 heterocycles. The van der Waals surface area contributed by atoms with Gasteiger partial charge in [-0.2, -0.15) is 0 Å². The number of esters is 1. The molecule has 0 unspecified atom stereocenters. The molecule has 0 saturated heterocycles. The maximum absolute atomic E-state index is 11.8. The lowest BCUT2D eigenvalue weighted by Crippen LogP contribution is -2.12. The minimum absolute atomic E-state index is 0.0364. The van der Waals surface area contributed by atoms with Crippen molar-refractivity contribution in [1.82, 2.24) is 0 Å². The van der Waals surface area contributed by atoms with Gasteiger partial charge < -0.3 is 9.84 Å². The number of nitrogens with zero attached hydrogens (tertiary/aromatic N) is 1. The van der Waals surface area contributed by atoms with Crippen LogP contribution in [0.25, 0.3) is 0 Å². The van der Waals surface area contributed by atoms with Crippen molar-refractivity contribution in [3.8, 4) is 0 Å². The van der Waals surface area contributed by atoms with E-state index >= 15 is 0 Å². The van der Waals surface area contributed by atoms with E-state index in [0.717, 1.165) is 11.3 Å². The van der Waals surface area contributed by atoms with Gasteiger partial charge in [0.25, 0.3) is 0 Å². The molecule has 0 aromatic heterocycles. The van der Waals surface area contributed by atoms with Crippen LogP contribution in [0, 0.1) is 6.92 Å². The second-order valence-electron chi connectivity index (χ2n) is 4.08. The Morgan fingerprint density at radius 3 is 2.74 bits per heavy atom. The van der Waals surface area contributed by atoms with Crippen LogP contribution in [-0.4, -0.2) is 28.5 Å². The number of rotatable bonds is 3. The Hall–Kier alpha value is -1.75. The number of ether oxygens (including phenoxy) is 1. The highest BCUT2D eigenvalue weighted by atomic mass is 32.2. The predicted molar refractivity (Wildman–Crippen MR) is 77.0 cm³/mol. The van der Waals surface area contributed by atoms with E-state index in [0.29, 0.717) is 10.8 Å². The lowest BCUT2D eigenvalue weighted by atomic mass is 10.2. The van der Waals surface area contributed by atoms with Gasteiger partial charge in [0.1, 0.15) is 16.4 Å². The molecule has 19 heavy (non-hydrogen) atoms. The first-order valence-corrected chi connectivity index (χ1v) is 6.98. The summed E-state index contributed by atoms with van der Waals surface area (Å²) in [4.78, 5) is 16.2. The van der Waals surface area contributed by atoms with E-state index in [4.69, 9.17) is 4.74 Å². The van der Waals surface area contributed by atoms with Gasteiger partial charge in [-0.3, -0.25) is 0 Å². The summed E-state index contributed by atoms with van der Waals surface area (Å²) in [7, 11) is 0. The third kappa shape index (κ3) is 3.17. The van der Waals surface area contributed by atoms with Gasteiger partial charge in [0, 0.05) is 0 Å². The molecule has 2 rings (SSSR count). The molecule has 0 bridgehead atoms. The number of aliphatic hydroxyl groups excluding tert-OH is 1. The van der Waals surface area contributed by atoms with Crippen molar-refractivity contribution in [2.24, 2.45) is 4.99 Å². The molecule has 0 fully saturated rings. The van der Waals surface area contributed by atoms with E-state index in [-0.39, 0.29) is 17.9 Å².